The fraction of sp³-hybridized carbons (Fsp3) is 0.321. The summed E-state index contributed by atoms with van der Waals surface area (Å²) in [4.78, 5) is 41.1. The van der Waals surface area contributed by atoms with E-state index in [-0.39, 0.29) is 24.3 Å². The van der Waals surface area contributed by atoms with Crippen LogP contribution in [0.2, 0.25) is 0 Å². The average molecular weight is 516 g/mol. The minimum absolute atomic E-state index is 0.115. The summed E-state index contributed by atoms with van der Waals surface area (Å²) >= 11 is 0. The van der Waals surface area contributed by atoms with Crippen molar-refractivity contribution in [3.63, 3.8) is 0 Å². The number of rotatable bonds is 8. The van der Waals surface area contributed by atoms with Crippen LogP contribution in [-0.4, -0.2) is 42.8 Å². The molecular weight excluding hydrogens is 482 g/mol. The maximum Gasteiger partial charge on any atom is 0.249 e. The largest absolute Gasteiger partial charge is 0.357 e. The molecule has 1 atom stereocenters. The van der Waals surface area contributed by atoms with Crippen LogP contribution in [0.4, 0.5) is 11.4 Å². The number of hydrogen-bond acceptors (Lipinski definition) is 5. The molecule has 0 aliphatic carbocycles. The summed E-state index contributed by atoms with van der Waals surface area (Å²) in [5.41, 5.74) is 2.64. The number of para-hydroxylation sites is 1. The van der Waals surface area contributed by atoms with Gasteiger partial charge in [-0.15, -0.1) is 5.10 Å². The van der Waals surface area contributed by atoms with Crippen LogP contribution in [0, 0.1) is 0 Å². The van der Waals surface area contributed by atoms with E-state index in [2.05, 4.69) is 20.9 Å². The van der Waals surface area contributed by atoms with Crippen LogP contribution in [0.5, 0.6) is 0 Å². The second-order valence-electron chi connectivity index (χ2n) is 10.2. The fourth-order valence-corrected chi connectivity index (χ4v) is 4.17. The number of aryl methyl sites for hydroxylation is 1. The van der Waals surface area contributed by atoms with Crippen LogP contribution in [-0.2, 0) is 28.0 Å². The van der Waals surface area contributed by atoms with E-state index in [1.807, 2.05) is 75.1 Å². The van der Waals surface area contributed by atoms with Gasteiger partial charge in [-0.3, -0.25) is 19.3 Å². The maximum absolute atomic E-state index is 14.0. The highest BCUT2D eigenvalue weighted by Crippen LogP contribution is 2.30. The van der Waals surface area contributed by atoms with E-state index in [0.717, 1.165) is 0 Å². The Labute approximate surface area is 221 Å². The topological polar surface area (TPSA) is 114 Å². The van der Waals surface area contributed by atoms with Crippen molar-refractivity contribution in [2.24, 2.45) is 7.05 Å². The Morgan fingerprint density at radius 3 is 2.37 bits per heavy atom. The third-order valence-corrected chi connectivity index (χ3v) is 5.90. The number of nitrogens with one attached hydrogen (secondary N) is 2. The van der Waals surface area contributed by atoms with Crippen molar-refractivity contribution in [1.82, 2.24) is 24.9 Å². The van der Waals surface area contributed by atoms with Crippen molar-refractivity contribution in [2.75, 3.05) is 10.2 Å². The molecule has 0 saturated carbocycles. The third-order valence-electron chi connectivity index (χ3n) is 5.90. The lowest BCUT2D eigenvalue weighted by molar-refractivity contribution is -0.128. The predicted octanol–water partition coefficient (Wildman–Crippen LogP) is 3.81. The second-order valence-corrected chi connectivity index (χ2v) is 10.2. The number of benzene rings is 2. The molecule has 10 nitrogen and oxygen atoms in total. The van der Waals surface area contributed by atoms with Crippen LogP contribution in [0.3, 0.4) is 0 Å². The number of fused-ring (bicyclic) bond motifs is 1. The standard InChI is InChI=1S/C28H33N7O3/c1-6-24(36)29-20-11-13-21(14-12-20)35(25(37)18-34-23-10-8-7-9-22(23)31-32-34)26(19-15-16-33(5)17-19)27(38)30-28(2,3)4/h7-17,26H,6,18H2,1-5H3,(H,29,36)(H,30,38). The van der Waals surface area contributed by atoms with Crippen molar-refractivity contribution in [2.45, 2.75) is 52.2 Å². The first-order valence-corrected chi connectivity index (χ1v) is 12.5. The Hall–Kier alpha value is -4.47. The van der Waals surface area contributed by atoms with Gasteiger partial charge in [0.1, 0.15) is 18.1 Å². The normalized spacial score (nSPS) is 12.2. The van der Waals surface area contributed by atoms with Gasteiger partial charge in [0.25, 0.3) is 0 Å². The summed E-state index contributed by atoms with van der Waals surface area (Å²) in [5.74, 6) is -0.775. The average Bonchev–Trinajstić information content (AvgIpc) is 3.48. The Morgan fingerprint density at radius 2 is 1.74 bits per heavy atom. The van der Waals surface area contributed by atoms with Gasteiger partial charge in [0.15, 0.2) is 0 Å². The van der Waals surface area contributed by atoms with E-state index in [1.165, 1.54) is 9.58 Å². The monoisotopic (exact) mass is 515 g/mol. The molecule has 2 heterocycles. The molecule has 2 aromatic heterocycles. The summed E-state index contributed by atoms with van der Waals surface area (Å²) in [6.45, 7) is 7.33. The van der Waals surface area contributed by atoms with Gasteiger partial charge >= 0.3 is 0 Å². The smallest absolute Gasteiger partial charge is 0.249 e. The first kappa shape index (κ1) is 26.6. The first-order chi connectivity index (χ1) is 18.1. The predicted molar refractivity (Wildman–Crippen MR) is 146 cm³/mol. The molecule has 0 radical (unpaired) electrons. The molecule has 10 heteroatoms. The first-order valence-electron chi connectivity index (χ1n) is 12.5. The quantitative estimate of drug-likeness (QED) is 0.370. The molecule has 0 aliphatic heterocycles. The molecule has 3 amide bonds. The number of amides is 3. The molecule has 4 rings (SSSR count). The van der Waals surface area contributed by atoms with Gasteiger partial charge in [0, 0.05) is 48.3 Å². The number of anilines is 2. The molecule has 38 heavy (non-hydrogen) atoms. The SMILES string of the molecule is CCC(=O)Nc1ccc(N(C(=O)Cn2nnc3ccccc32)C(C(=O)NC(C)(C)C)c2ccn(C)c2)cc1. The van der Waals surface area contributed by atoms with E-state index in [1.54, 1.807) is 31.2 Å². The van der Waals surface area contributed by atoms with Gasteiger partial charge in [-0.05, 0) is 63.2 Å². The number of hydrogen-bond donors (Lipinski definition) is 2. The van der Waals surface area contributed by atoms with E-state index < -0.39 is 11.6 Å². The van der Waals surface area contributed by atoms with Crippen molar-refractivity contribution in [1.29, 1.82) is 0 Å². The molecule has 0 aliphatic rings. The van der Waals surface area contributed by atoms with Crippen LogP contribution in [0.25, 0.3) is 11.0 Å². The van der Waals surface area contributed by atoms with E-state index >= 15 is 0 Å². The van der Waals surface area contributed by atoms with Gasteiger partial charge in [0.2, 0.25) is 17.7 Å². The zero-order valence-electron chi connectivity index (χ0n) is 22.3. The second kappa shape index (κ2) is 10.9. The number of nitrogens with zero attached hydrogens (tertiary/aromatic N) is 5. The minimum atomic E-state index is -0.950. The van der Waals surface area contributed by atoms with Gasteiger partial charge < -0.3 is 15.2 Å². The van der Waals surface area contributed by atoms with Crippen molar-refractivity contribution >= 4 is 40.1 Å². The molecule has 2 N–H and O–H groups in total. The minimum Gasteiger partial charge on any atom is -0.357 e. The van der Waals surface area contributed by atoms with Gasteiger partial charge in [-0.25, -0.2) is 4.68 Å². The fourth-order valence-electron chi connectivity index (χ4n) is 4.17. The zero-order chi connectivity index (χ0) is 27.4. The van der Waals surface area contributed by atoms with Crippen LogP contribution >= 0.6 is 0 Å². The summed E-state index contributed by atoms with van der Waals surface area (Å²) in [6.07, 6.45) is 4.01. The molecule has 2 aromatic carbocycles. The van der Waals surface area contributed by atoms with E-state index in [4.69, 9.17) is 0 Å². The van der Waals surface area contributed by atoms with Crippen molar-refractivity contribution < 1.29 is 14.4 Å². The Balaban J connectivity index is 1.78. The number of carbonyl (C=O) groups excluding carboxylic acids is 3. The highest BCUT2D eigenvalue weighted by Gasteiger charge is 2.35. The number of aromatic nitrogens is 4. The van der Waals surface area contributed by atoms with Gasteiger partial charge in [0.05, 0.1) is 5.52 Å². The molecule has 0 bridgehead atoms. The summed E-state index contributed by atoms with van der Waals surface area (Å²) < 4.78 is 3.37. The molecule has 198 valence electrons. The van der Waals surface area contributed by atoms with Crippen LogP contribution in [0.1, 0.15) is 45.7 Å². The molecular formula is C28H33N7O3. The van der Waals surface area contributed by atoms with Crippen LogP contribution < -0.4 is 15.5 Å². The third kappa shape index (κ3) is 6.08. The van der Waals surface area contributed by atoms with Gasteiger partial charge in [-0.1, -0.05) is 24.3 Å². The maximum atomic E-state index is 14.0. The molecule has 0 saturated heterocycles. The van der Waals surface area contributed by atoms with E-state index in [0.29, 0.717) is 34.4 Å². The zero-order valence-corrected chi connectivity index (χ0v) is 22.3. The molecule has 1 unspecified atom stereocenters. The highest BCUT2D eigenvalue weighted by atomic mass is 16.2. The highest BCUT2D eigenvalue weighted by molar-refractivity contribution is 6.02. The van der Waals surface area contributed by atoms with Crippen molar-refractivity contribution in [3.05, 3.63) is 72.6 Å². The lowest BCUT2D eigenvalue weighted by atomic mass is 10.0. The Kier molecular flexibility index (Phi) is 7.61. The summed E-state index contributed by atoms with van der Waals surface area (Å²) in [7, 11) is 1.86. The molecule has 4 aromatic rings. The van der Waals surface area contributed by atoms with Crippen molar-refractivity contribution in [3.8, 4) is 0 Å². The van der Waals surface area contributed by atoms with E-state index in [9.17, 15) is 14.4 Å². The molecule has 0 spiro atoms. The number of carbonyl (C=O) groups is 3. The van der Waals surface area contributed by atoms with Gasteiger partial charge in [-0.2, -0.15) is 0 Å². The summed E-state index contributed by atoms with van der Waals surface area (Å²) in [6, 6.07) is 15.2. The lowest BCUT2D eigenvalue weighted by Crippen LogP contribution is -2.50. The lowest BCUT2D eigenvalue weighted by Gasteiger charge is -2.33. The Morgan fingerprint density at radius 1 is 1.03 bits per heavy atom. The molecule has 0 fully saturated rings. The summed E-state index contributed by atoms with van der Waals surface area (Å²) in [5, 5.41) is 14.2. The van der Waals surface area contributed by atoms with Crippen LogP contribution in [0.15, 0.2) is 67.0 Å². The Bertz CT molecular complexity index is 1450.